The van der Waals surface area contributed by atoms with Crippen molar-refractivity contribution in [3.8, 4) is 0 Å². The summed E-state index contributed by atoms with van der Waals surface area (Å²) in [5, 5.41) is 2.78. The van der Waals surface area contributed by atoms with Crippen LogP contribution in [0.15, 0.2) is 64.0 Å². The molecule has 0 N–H and O–H groups in total. The van der Waals surface area contributed by atoms with E-state index in [0.29, 0.717) is 11.5 Å². The zero-order valence-corrected chi connectivity index (χ0v) is 12.6. The molecule has 0 spiro atoms. The number of fused-ring (bicyclic) bond motifs is 3. The largest absolute Gasteiger partial charge is 0.464 e. The SMILES string of the molecule is CC1C=CCC(c2coc3ccc4ccccc4c3c2=O)C1. The van der Waals surface area contributed by atoms with Gasteiger partial charge in [0.2, 0.25) is 0 Å². The molecule has 0 saturated heterocycles. The molecule has 2 atom stereocenters. The van der Waals surface area contributed by atoms with Gasteiger partial charge in [-0.1, -0.05) is 49.4 Å². The number of allylic oxidation sites excluding steroid dienone is 2. The second kappa shape index (κ2) is 5.13. The highest BCUT2D eigenvalue weighted by atomic mass is 16.3. The summed E-state index contributed by atoms with van der Waals surface area (Å²) >= 11 is 0. The lowest BCUT2D eigenvalue weighted by atomic mass is 9.83. The number of hydrogen-bond donors (Lipinski definition) is 0. The minimum Gasteiger partial charge on any atom is -0.464 e. The van der Waals surface area contributed by atoms with Crippen LogP contribution in [0.5, 0.6) is 0 Å². The van der Waals surface area contributed by atoms with Gasteiger partial charge in [-0.3, -0.25) is 4.79 Å². The first-order valence-electron chi connectivity index (χ1n) is 7.84. The average molecular weight is 290 g/mol. The highest BCUT2D eigenvalue weighted by Crippen LogP contribution is 2.32. The van der Waals surface area contributed by atoms with Gasteiger partial charge in [0.25, 0.3) is 0 Å². The van der Waals surface area contributed by atoms with E-state index in [4.69, 9.17) is 4.42 Å². The van der Waals surface area contributed by atoms with Gasteiger partial charge in [-0.2, -0.15) is 0 Å². The second-order valence-corrected chi connectivity index (χ2v) is 6.25. The summed E-state index contributed by atoms with van der Waals surface area (Å²) in [4.78, 5) is 13.1. The highest BCUT2D eigenvalue weighted by molar-refractivity contribution is 6.05. The Morgan fingerprint density at radius 3 is 2.86 bits per heavy atom. The zero-order chi connectivity index (χ0) is 15.1. The minimum atomic E-state index is 0.130. The van der Waals surface area contributed by atoms with Crippen LogP contribution in [-0.2, 0) is 0 Å². The van der Waals surface area contributed by atoms with E-state index in [0.717, 1.165) is 34.6 Å². The first-order valence-corrected chi connectivity index (χ1v) is 7.84. The van der Waals surface area contributed by atoms with Crippen LogP contribution in [0.1, 0.15) is 31.2 Å². The average Bonchev–Trinajstić information content (AvgIpc) is 2.55. The summed E-state index contributed by atoms with van der Waals surface area (Å²) in [5.74, 6) is 0.779. The molecule has 1 aliphatic rings. The molecule has 1 aliphatic carbocycles. The van der Waals surface area contributed by atoms with Crippen molar-refractivity contribution < 1.29 is 4.42 Å². The van der Waals surface area contributed by atoms with E-state index in [2.05, 4.69) is 19.1 Å². The van der Waals surface area contributed by atoms with E-state index in [1.807, 2.05) is 36.4 Å². The van der Waals surface area contributed by atoms with Crippen LogP contribution >= 0.6 is 0 Å². The third kappa shape index (κ3) is 2.07. The number of rotatable bonds is 1. The molecule has 110 valence electrons. The second-order valence-electron chi connectivity index (χ2n) is 6.25. The fraction of sp³-hybridized carbons (Fsp3) is 0.250. The first kappa shape index (κ1) is 13.3. The van der Waals surface area contributed by atoms with Crippen LogP contribution < -0.4 is 5.43 Å². The maximum absolute atomic E-state index is 13.1. The molecule has 0 saturated carbocycles. The summed E-state index contributed by atoms with van der Waals surface area (Å²) in [6.07, 6.45) is 8.03. The highest BCUT2D eigenvalue weighted by Gasteiger charge is 2.21. The lowest BCUT2D eigenvalue weighted by Crippen LogP contribution is -2.17. The van der Waals surface area contributed by atoms with Crippen molar-refractivity contribution in [2.24, 2.45) is 5.92 Å². The molecule has 2 aromatic carbocycles. The van der Waals surface area contributed by atoms with Gasteiger partial charge in [0, 0.05) is 5.56 Å². The molecule has 22 heavy (non-hydrogen) atoms. The van der Waals surface area contributed by atoms with Crippen LogP contribution in [0.3, 0.4) is 0 Å². The molecule has 4 rings (SSSR count). The van der Waals surface area contributed by atoms with Crippen molar-refractivity contribution in [2.45, 2.75) is 25.7 Å². The van der Waals surface area contributed by atoms with E-state index in [-0.39, 0.29) is 11.3 Å². The Morgan fingerprint density at radius 2 is 2.00 bits per heavy atom. The fourth-order valence-electron chi connectivity index (χ4n) is 3.54. The maximum Gasteiger partial charge on any atom is 0.196 e. The summed E-state index contributed by atoms with van der Waals surface area (Å²) in [7, 11) is 0. The molecule has 0 fully saturated rings. The van der Waals surface area contributed by atoms with Crippen molar-refractivity contribution >= 4 is 21.7 Å². The molecule has 2 nitrogen and oxygen atoms in total. The lowest BCUT2D eigenvalue weighted by molar-refractivity contribution is 0.495. The molecule has 1 aromatic heterocycles. The molecule has 0 radical (unpaired) electrons. The standard InChI is InChI=1S/C20H18O2/c1-13-5-4-7-15(11-13)17-12-22-18-10-9-14-6-2-3-8-16(14)19(18)20(17)21/h2-6,8-10,12-13,15H,7,11H2,1H3. The van der Waals surface area contributed by atoms with Gasteiger partial charge in [0.15, 0.2) is 5.43 Å². The van der Waals surface area contributed by atoms with Gasteiger partial charge in [-0.25, -0.2) is 0 Å². The Labute approximate surface area is 129 Å². The Morgan fingerprint density at radius 1 is 1.14 bits per heavy atom. The molecule has 2 unspecified atom stereocenters. The molecular formula is C20H18O2. The number of hydrogen-bond acceptors (Lipinski definition) is 2. The smallest absolute Gasteiger partial charge is 0.196 e. The summed E-state index contributed by atoms with van der Waals surface area (Å²) in [6, 6.07) is 11.9. The van der Waals surface area contributed by atoms with Crippen molar-refractivity contribution in [3.63, 3.8) is 0 Å². The predicted molar refractivity (Wildman–Crippen MR) is 90.3 cm³/mol. The van der Waals surface area contributed by atoms with Gasteiger partial charge in [0.1, 0.15) is 5.58 Å². The lowest BCUT2D eigenvalue weighted by Gasteiger charge is -2.21. The fourth-order valence-corrected chi connectivity index (χ4v) is 3.54. The van der Waals surface area contributed by atoms with Gasteiger partial charge >= 0.3 is 0 Å². The summed E-state index contributed by atoms with van der Waals surface area (Å²) < 4.78 is 5.80. The Bertz CT molecular complexity index is 933. The molecule has 1 heterocycles. The minimum absolute atomic E-state index is 0.130. The zero-order valence-electron chi connectivity index (χ0n) is 12.6. The van der Waals surface area contributed by atoms with Crippen LogP contribution in [-0.4, -0.2) is 0 Å². The molecule has 0 aliphatic heterocycles. The van der Waals surface area contributed by atoms with Crippen molar-refractivity contribution in [2.75, 3.05) is 0 Å². The van der Waals surface area contributed by atoms with Gasteiger partial charge < -0.3 is 4.42 Å². The van der Waals surface area contributed by atoms with E-state index in [1.54, 1.807) is 6.26 Å². The molecular weight excluding hydrogens is 272 g/mol. The molecule has 0 bridgehead atoms. The molecule has 2 heteroatoms. The van der Waals surface area contributed by atoms with E-state index in [9.17, 15) is 4.79 Å². The van der Waals surface area contributed by atoms with Gasteiger partial charge in [-0.15, -0.1) is 0 Å². The van der Waals surface area contributed by atoms with Crippen LogP contribution in [0.25, 0.3) is 21.7 Å². The van der Waals surface area contributed by atoms with Crippen molar-refractivity contribution in [1.29, 1.82) is 0 Å². The van der Waals surface area contributed by atoms with E-state index in [1.165, 1.54) is 0 Å². The third-order valence-electron chi connectivity index (χ3n) is 4.67. The predicted octanol–water partition coefficient (Wildman–Crippen LogP) is 5.02. The van der Waals surface area contributed by atoms with Gasteiger partial charge in [-0.05, 0) is 41.5 Å². The maximum atomic E-state index is 13.1. The quantitative estimate of drug-likeness (QED) is 0.465. The number of benzene rings is 2. The topological polar surface area (TPSA) is 30.2 Å². The first-order chi connectivity index (χ1) is 10.7. The third-order valence-corrected chi connectivity index (χ3v) is 4.67. The van der Waals surface area contributed by atoms with Crippen LogP contribution in [0, 0.1) is 5.92 Å². The van der Waals surface area contributed by atoms with Crippen molar-refractivity contribution in [3.05, 3.63) is 70.6 Å². The molecule has 3 aromatic rings. The van der Waals surface area contributed by atoms with Crippen molar-refractivity contribution in [1.82, 2.24) is 0 Å². The Kier molecular flexibility index (Phi) is 3.11. The van der Waals surface area contributed by atoms with Crippen LogP contribution in [0.4, 0.5) is 0 Å². The Balaban J connectivity index is 1.98. The molecule has 0 amide bonds. The van der Waals surface area contributed by atoms with Gasteiger partial charge in [0.05, 0.1) is 11.6 Å². The van der Waals surface area contributed by atoms with E-state index < -0.39 is 0 Å². The normalized spacial score (nSPS) is 21.5. The summed E-state index contributed by atoms with van der Waals surface area (Å²) in [5.41, 5.74) is 1.62. The van der Waals surface area contributed by atoms with E-state index >= 15 is 0 Å². The monoisotopic (exact) mass is 290 g/mol. The summed E-state index contributed by atoms with van der Waals surface area (Å²) in [6.45, 7) is 2.20. The Hall–Kier alpha value is -2.35. The van der Waals surface area contributed by atoms with Crippen LogP contribution in [0.2, 0.25) is 0 Å².